The largest absolute Gasteiger partial charge is 0.317 e. The molecule has 23 heavy (non-hydrogen) atoms. The van der Waals surface area contributed by atoms with Crippen molar-refractivity contribution in [1.82, 2.24) is 15.5 Å². The Morgan fingerprint density at radius 2 is 2.09 bits per heavy atom. The quantitative estimate of drug-likeness (QED) is 0.694. The van der Waals surface area contributed by atoms with Crippen LogP contribution in [-0.4, -0.2) is 29.2 Å². The highest BCUT2D eigenvalue weighted by Gasteiger charge is 2.22. The molecule has 0 spiro atoms. The number of rotatable bonds is 8. The molecule has 0 aromatic carbocycles. The summed E-state index contributed by atoms with van der Waals surface area (Å²) in [5, 5.41) is 16.2. The average molecular weight is 361 g/mol. The molecule has 1 aliphatic rings. The fourth-order valence-electron chi connectivity index (χ4n) is 2.97. The van der Waals surface area contributed by atoms with E-state index in [4.69, 9.17) is 0 Å². The molecular formula is C16H29ClN4OS. The number of aryl methyl sites for hydroxylation is 1. The van der Waals surface area contributed by atoms with Crippen LogP contribution in [-0.2, 0) is 11.2 Å². The zero-order valence-corrected chi connectivity index (χ0v) is 15.8. The molecular weight excluding hydrogens is 332 g/mol. The summed E-state index contributed by atoms with van der Waals surface area (Å²) in [6, 6.07) is 0. The molecule has 1 atom stereocenters. The molecule has 7 heteroatoms. The number of piperidine rings is 1. The first kappa shape index (κ1) is 20.3. The van der Waals surface area contributed by atoms with Gasteiger partial charge in [0.25, 0.3) is 0 Å². The van der Waals surface area contributed by atoms with Gasteiger partial charge >= 0.3 is 0 Å². The minimum atomic E-state index is 0. The number of carbonyl (C=O) groups is 1. The van der Waals surface area contributed by atoms with Crippen molar-refractivity contribution in [2.45, 2.75) is 58.8 Å². The summed E-state index contributed by atoms with van der Waals surface area (Å²) in [6.07, 6.45) is 7.46. The fourth-order valence-corrected chi connectivity index (χ4v) is 3.77. The summed E-state index contributed by atoms with van der Waals surface area (Å²) >= 11 is 1.51. The number of nitrogens with zero attached hydrogens (tertiary/aromatic N) is 2. The summed E-state index contributed by atoms with van der Waals surface area (Å²) in [5.41, 5.74) is 0. The maximum Gasteiger partial charge on any atom is 0.226 e. The third-order valence-electron chi connectivity index (χ3n) is 4.40. The van der Waals surface area contributed by atoms with Gasteiger partial charge in [-0.05, 0) is 44.2 Å². The van der Waals surface area contributed by atoms with Gasteiger partial charge < -0.3 is 10.6 Å². The number of amides is 1. The highest BCUT2D eigenvalue weighted by molar-refractivity contribution is 7.15. The number of anilines is 1. The van der Waals surface area contributed by atoms with Crippen molar-refractivity contribution in [2.75, 3.05) is 18.4 Å². The number of unbranched alkanes of at least 4 members (excludes halogenated alkanes) is 2. The molecule has 5 nitrogen and oxygen atoms in total. The van der Waals surface area contributed by atoms with Crippen molar-refractivity contribution in [3.63, 3.8) is 0 Å². The van der Waals surface area contributed by atoms with Crippen LogP contribution in [0, 0.1) is 11.8 Å². The highest BCUT2D eigenvalue weighted by atomic mass is 35.5. The number of carbonyl (C=O) groups excluding carboxylic acids is 1. The Bertz CT molecular complexity index is 463. The van der Waals surface area contributed by atoms with E-state index < -0.39 is 0 Å². The minimum absolute atomic E-state index is 0. The van der Waals surface area contributed by atoms with Crippen LogP contribution in [0.5, 0.6) is 0 Å². The summed E-state index contributed by atoms with van der Waals surface area (Å²) in [4.78, 5) is 12.1. The lowest BCUT2D eigenvalue weighted by molar-refractivity contribution is -0.117. The maximum atomic E-state index is 12.1. The van der Waals surface area contributed by atoms with E-state index in [9.17, 15) is 4.79 Å². The van der Waals surface area contributed by atoms with E-state index in [2.05, 4.69) is 34.7 Å². The Morgan fingerprint density at radius 3 is 2.78 bits per heavy atom. The summed E-state index contributed by atoms with van der Waals surface area (Å²) in [7, 11) is 0. The Hall–Kier alpha value is -0.720. The van der Waals surface area contributed by atoms with Gasteiger partial charge in [0.1, 0.15) is 5.01 Å². The first-order valence-electron chi connectivity index (χ1n) is 8.52. The topological polar surface area (TPSA) is 66.9 Å². The Labute approximate surface area is 149 Å². The number of nitrogens with one attached hydrogen (secondary N) is 2. The summed E-state index contributed by atoms with van der Waals surface area (Å²) in [6.45, 7) is 6.53. The lowest BCUT2D eigenvalue weighted by Gasteiger charge is -2.27. The van der Waals surface area contributed by atoms with Gasteiger partial charge in [-0.3, -0.25) is 4.79 Å². The monoisotopic (exact) mass is 360 g/mol. The van der Waals surface area contributed by atoms with Gasteiger partial charge in [0.05, 0.1) is 0 Å². The second-order valence-corrected chi connectivity index (χ2v) is 7.34. The van der Waals surface area contributed by atoms with Crippen LogP contribution in [0.1, 0.15) is 57.4 Å². The summed E-state index contributed by atoms with van der Waals surface area (Å²) in [5.74, 6) is 1.16. The van der Waals surface area contributed by atoms with Crippen LogP contribution in [0.3, 0.4) is 0 Å². The highest BCUT2D eigenvalue weighted by Crippen LogP contribution is 2.25. The minimum Gasteiger partial charge on any atom is -0.317 e. The van der Waals surface area contributed by atoms with E-state index in [1.165, 1.54) is 37.0 Å². The molecule has 0 aliphatic carbocycles. The first-order chi connectivity index (χ1) is 10.7. The van der Waals surface area contributed by atoms with Crippen LogP contribution in [0.15, 0.2) is 0 Å². The smallest absolute Gasteiger partial charge is 0.226 e. The van der Waals surface area contributed by atoms with Gasteiger partial charge in [-0.2, -0.15) is 0 Å². The molecule has 1 unspecified atom stereocenters. The normalized spacial score (nSPS) is 16.6. The SMILES string of the molecule is CCCCCc1nnc(NC(=O)CC(C)C2CCNCC2)s1.Cl. The molecule has 132 valence electrons. The molecule has 1 aliphatic heterocycles. The summed E-state index contributed by atoms with van der Waals surface area (Å²) < 4.78 is 0. The Morgan fingerprint density at radius 1 is 1.35 bits per heavy atom. The second-order valence-electron chi connectivity index (χ2n) is 6.28. The van der Waals surface area contributed by atoms with Gasteiger partial charge in [0.15, 0.2) is 0 Å². The molecule has 2 heterocycles. The van der Waals surface area contributed by atoms with E-state index >= 15 is 0 Å². The van der Waals surface area contributed by atoms with Gasteiger partial charge in [-0.1, -0.05) is 38.0 Å². The molecule has 2 N–H and O–H groups in total. The van der Waals surface area contributed by atoms with Gasteiger partial charge in [-0.15, -0.1) is 22.6 Å². The molecule has 1 aromatic rings. The Kier molecular flexibility index (Phi) is 9.67. The molecule has 1 saturated heterocycles. The molecule has 1 fully saturated rings. The lowest BCUT2D eigenvalue weighted by atomic mass is 9.84. The van der Waals surface area contributed by atoms with Crippen molar-refractivity contribution in [1.29, 1.82) is 0 Å². The van der Waals surface area contributed by atoms with E-state index in [0.29, 0.717) is 23.4 Å². The van der Waals surface area contributed by atoms with Crippen LogP contribution < -0.4 is 10.6 Å². The van der Waals surface area contributed by atoms with Crippen molar-refractivity contribution in [3.8, 4) is 0 Å². The molecule has 0 radical (unpaired) electrons. The van der Waals surface area contributed by atoms with Gasteiger partial charge in [0.2, 0.25) is 11.0 Å². The zero-order valence-electron chi connectivity index (χ0n) is 14.1. The molecule has 1 amide bonds. The van der Waals surface area contributed by atoms with Crippen molar-refractivity contribution >= 4 is 34.8 Å². The molecule has 1 aromatic heterocycles. The third-order valence-corrected chi connectivity index (χ3v) is 5.30. The zero-order chi connectivity index (χ0) is 15.8. The predicted octanol–water partition coefficient (Wildman–Crippen LogP) is 3.66. The van der Waals surface area contributed by atoms with Crippen molar-refractivity contribution in [2.24, 2.45) is 11.8 Å². The predicted molar refractivity (Wildman–Crippen MR) is 98.4 cm³/mol. The number of halogens is 1. The maximum absolute atomic E-state index is 12.1. The number of hydrogen-bond acceptors (Lipinski definition) is 5. The average Bonchev–Trinajstić information content (AvgIpc) is 2.95. The van der Waals surface area contributed by atoms with E-state index in [0.717, 1.165) is 30.9 Å². The van der Waals surface area contributed by atoms with E-state index in [-0.39, 0.29) is 18.3 Å². The number of aromatic nitrogens is 2. The van der Waals surface area contributed by atoms with Crippen LogP contribution in [0.2, 0.25) is 0 Å². The van der Waals surface area contributed by atoms with E-state index in [1.54, 1.807) is 0 Å². The van der Waals surface area contributed by atoms with Crippen LogP contribution in [0.25, 0.3) is 0 Å². The number of hydrogen-bond donors (Lipinski definition) is 2. The molecule has 0 bridgehead atoms. The van der Waals surface area contributed by atoms with Crippen molar-refractivity contribution in [3.05, 3.63) is 5.01 Å². The third kappa shape index (κ3) is 7.14. The van der Waals surface area contributed by atoms with Crippen LogP contribution in [0.4, 0.5) is 5.13 Å². The lowest BCUT2D eigenvalue weighted by Crippen LogP contribution is -2.32. The van der Waals surface area contributed by atoms with Crippen LogP contribution >= 0.6 is 23.7 Å². The first-order valence-corrected chi connectivity index (χ1v) is 9.33. The molecule has 2 rings (SSSR count). The second kappa shape index (κ2) is 10.9. The van der Waals surface area contributed by atoms with E-state index in [1.807, 2.05) is 0 Å². The van der Waals surface area contributed by atoms with Crippen molar-refractivity contribution < 1.29 is 4.79 Å². The fraction of sp³-hybridized carbons (Fsp3) is 0.812. The van der Waals surface area contributed by atoms with Gasteiger partial charge in [0, 0.05) is 12.8 Å². The standard InChI is InChI=1S/C16H28N4OS.ClH/c1-3-4-5-6-15-19-20-16(22-15)18-14(21)11-12(2)13-7-9-17-10-8-13;/h12-13,17H,3-11H2,1-2H3,(H,18,20,21);1H. The van der Waals surface area contributed by atoms with Gasteiger partial charge in [-0.25, -0.2) is 0 Å². The molecule has 0 saturated carbocycles. The Balaban J connectivity index is 0.00000264.